The van der Waals surface area contributed by atoms with Gasteiger partial charge in [0, 0.05) is 10.6 Å². The van der Waals surface area contributed by atoms with E-state index in [0.29, 0.717) is 16.8 Å². The van der Waals surface area contributed by atoms with Crippen molar-refractivity contribution >= 4 is 11.6 Å². The number of benzene rings is 1. The van der Waals surface area contributed by atoms with Crippen LogP contribution in [0.1, 0.15) is 5.56 Å². The highest BCUT2D eigenvalue weighted by Crippen LogP contribution is 2.21. The third-order valence-electron chi connectivity index (χ3n) is 2.39. The van der Waals surface area contributed by atoms with Crippen LogP contribution in [-0.2, 0) is 6.61 Å². The Morgan fingerprint density at radius 3 is 2.26 bits per heavy atom. The minimum Gasteiger partial charge on any atom is -0.481 e. The van der Waals surface area contributed by atoms with Crippen LogP contribution in [0.2, 0.25) is 5.02 Å². The predicted molar refractivity (Wildman–Crippen MR) is 70.9 cm³/mol. The Morgan fingerprint density at radius 1 is 1.05 bits per heavy atom. The fourth-order valence-corrected chi connectivity index (χ4v) is 1.61. The standard InChI is InChI=1S/C13H13ClN2O3/c1-17-11-7-12(18-2)16-13(15-11)19-8-9-5-3-4-6-10(9)14/h3-7H,8H2,1-2H3. The number of hydrogen-bond donors (Lipinski definition) is 0. The largest absolute Gasteiger partial charge is 0.481 e. The molecule has 2 aromatic rings. The van der Waals surface area contributed by atoms with Crippen molar-refractivity contribution in [2.24, 2.45) is 0 Å². The molecule has 0 amide bonds. The van der Waals surface area contributed by atoms with Crippen molar-refractivity contribution in [3.8, 4) is 17.8 Å². The zero-order valence-electron chi connectivity index (χ0n) is 10.6. The van der Waals surface area contributed by atoms with Crippen LogP contribution in [0.3, 0.4) is 0 Å². The Morgan fingerprint density at radius 2 is 1.68 bits per heavy atom. The van der Waals surface area contributed by atoms with E-state index in [0.717, 1.165) is 5.56 Å². The third kappa shape index (κ3) is 3.48. The second kappa shape index (κ2) is 6.24. The second-order valence-electron chi connectivity index (χ2n) is 3.62. The first-order chi connectivity index (χ1) is 9.22. The lowest BCUT2D eigenvalue weighted by atomic mass is 10.2. The van der Waals surface area contributed by atoms with E-state index in [2.05, 4.69) is 9.97 Å². The molecular weight excluding hydrogens is 268 g/mol. The highest BCUT2D eigenvalue weighted by Gasteiger charge is 2.07. The highest BCUT2D eigenvalue weighted by molar-refractivity contribution is 6.31. The van der Waals surface area contributed by atoms with Gasteiger partial charge in [0.05, 0.1) is 20.3 Å². The van der Waals surface area contributed by atoms with Crippen LogP contribution >= 0.6 is 11.6 Å². The molecule has 1 heterocycles. The molecule has 1 aromatic carbocycles. The van der Waals surface area contributed by atoms with E-state index < -0.39 is 0 Å². The topological polar surface area (TPSA) is 53.5 Å². The van der Waals surface area contributed by atoms with Crippen LogP contribution in [0.5, 0.6) is 17.8 Å². The Balaban J connectivity index is 2.13. The lowest BCUT2D eigenvalue weighted by molar-refractivity contribution is 0.266. The maximum absolute atomic E-state index is 6.04. The summed E-state index contributed by atoms with van der Waals surface area (Å²) in [5.74, 6) is 0.752. The number of methoxy groups -OCH3 is 2. The van der Waals surface area contributed by atoms with Crippen LogP contribution in [0, 0.1) is 0 Å². The van der Waals surface area contributed by atoms with Crippen LogP contribution in [0.4, 0.5) is 0 Å². The van der Waals surface area contributed by atoms with Gasteiger partial charge in [-0.2, -0.15) is 9.97 Å². The van der Waals surface area contributed by atoms with Crippen molar-refractivity contribution in [3.05, 3.63) is 40.9 Å². The molecule has 0 fully saturated rings. The van der Waals surface area contributed by atoms with E-state index >= 15 is 0 Å². The van der Waals surface area contributed by atoms with Gasteiger partial charge in [0.2, 0.25) is 11.8 Å². The van der Waals surface area contributed by atoms with Crippen molar-refractivity contribution in [1.29, 1.82) is 0 Å². The van der Waals surface area contributed by atoms with E-state index in [-0.39, 0.29) is 12.6 Å². The maximum Gasteiger partial charge on any atom is 0.323 e. The van der Waals surface area contributed by atoms with Gasteiger partial charge in [-0.25, -0.2) is 0 Å². The molecule has 19 heavy (non-hydrogen) atoms. The molecule has 0 atom stereocenters. The van der Waals surface area contributed by atoms with Gasteiger partial charge < -0.3 is 14.2 Å². The van der Waals surface area contributed by atoms with E-state index in [1.54, 1.807) is 12.1 Å². The first-order valence-corrected chi connectivity index (χ1v) is 5.94. The lowest BCUT2D eigenvalue weighted by Crippen LogP contribution is -2.02. The molecule has 1 aromatic heterocycles. The normalized spacial score (nSPS) is 10.1. The summed E-state index contributed by atoms with van der Waals surface area (Å²) < 4.78 is 15.6. The van der Waals surface area contributed by atoms with Crippen LogP contribution in [-0.4, -0.2) is 24.2 Å². The number of nitrogens with zero attached hydrogens (tertiary/aromatic N) is 2. The molecular formula is C13H13ClN2O3. The number of ether oxygens (including phenoxy) is 3. The fraction of sp³-hybridized carbons (Fsp3) is 0.231. The number of halogens is 1. The summed E-state index contributed by atoms with van der Waals surface area (Å²) in [5.41, 5.74) is 0.856. The van der Waals surface area contributed by atoms with Crippen molar-refractivity contribution < 1.29 is 14.2 Å². The van der Waals surface area contributed by atoms with E-state index in [1.165, 1.54) is 14.2 Å². The smallest absolute Gasteiger partial charge is 0.323 e. The van der Waals surface area contributed by atoms with E-state index in [1.807, 2.05) is 18.2 Å². The fourth-order valence-electron chi connectivity index (χ4n) is 1.42. The molecule has 0 N–H and O–H groups in total. The van der Waals surface area contributed by atoms with Crippen LogP contribution in [0.25, 0.3) is 0 Å². The van der Waals surface area contributed by atoms with Gasteiger partial charge in [0.15, 0.2) is 0 Å². The highest BCUT2D eigenvalue weighted by atomic mass is 35.5. The molecule has 0 aliphatic rings. The quantitative estimate of drug-likeness (QED) is 0.843. The first kappa shape index (κ1) is 13.4. The average molecular weight is 281 g/mol. The van der Waals surface area contributed by atoms with Gasteiger partial charge in [-0.05, 0) is 6.07 Å². The number of hydrogen-bond acceptors (Lipinski definition) is 5. The van der Waals surface area contributed by atoms with Gasteiger partial charge in [0.25, 0.3) is 0 Å². The van der Waals surface area contributed by atoms with E-state index in [9.17, 15) is 0 Å². The van der Waals surface area contributed by atoms with Crippen molar-refractivity contribution in [1.82, 2.24) is 9.97 Å². The summed E-state index contributed by atoms with van der Waals surface area (Å²) >= 11 is 6.04. The van der Waals surface area contributed by atoms with Gasteiger partial charge >= 0.3 is 6.01 Å². The Kier molecular flexibility index (Phi) is 4.41. The minimum absolute atomic E-state index is 0.177. The molecule has 0 bridgehead atoms. The monoisotopic (exact) mass is 280 g/mol. The number of aromatic nitrogens is 2. The molecule has 0 aliphatic heterocycles. The summed E-state index contributed by atoms with van der Waals surface area (Å²) in [6.07, 6.45) is 0. The molecule has 0 radical (unpaired) electrons. The van der Waals surface area contributed by atoms with Crippen LogP contribution < -0.4 is 14.2 Å². The molecule has 5 nitrogen and oxygen atoms in total. The third-order valence-corrected chi connectivity index (χ3v) is 2.76. The molecule has 0 unspecified atom stereocenters. The second-order valence-corrected chi connectivity index (χ2v) is 4.02. The Labute approximate surface area is 116 Å². The lowest BCUT2D eigenvalue weighted by Gasteiger charge is -2.08. The SMILES string of the molecule is COc1cc(OC)nc(OCc2ccccc2Cl)n1. The average Bonchev–Trinajstić information content (AvgIpc) is 2.46. The summed E-state index contributed by atoms with van der Waals surface area (Å²) in [4.78, 5) is 8.13. The van der Waals surface area contributed by atoms with Crippen molar-refractivity contribution in [2.75, 3.05) is 14.2 Å². The summed E-state index contributed by atoms with van der Waals surface area (Å²) in [6.45, 7) is 0.274. The summed E-state index contributed by atoms with van der Waals surface area (Å²) in [5, 5.41) is 0.636. The van der Waals surface area contributed by atoms with Gasteiger partial charge in [-0.3, -0.25) is 0 Å². The molecule has 6 heteroatoms. The zero-order valence-corrected chi connectivity index (χ0v) is 11.3. The Hall–Kier alpha value is -2.01. The van der Waals surface area contributed by atoms with Crippen LogP contribution in [0.15, 0.2) is 30.3 Å². The van der Waals surface area contributed by atoms with Gasteiger partial charge in [0.1, 0.15) is 6.61 Å². The van der Waals surface area contributed by atoms with Gasteiger partial charge in [-0.15, -0.1) is 0 Å². The van der Waals surface area contributed by atoms with Crippen molar-refractivity contribution in [3.63, 3.8) is 0 Å². The van der Waals surface area contributed by atoms with Gasteiger partial charge in [-0.1, -0.05) is 29.8 Å². The molecule has 0 spiro atoms. The summed E-state index contributed by atoms with van der Waals surface area (Å²) in [6, 6.07) is 9.17. The minimum atomic E-state index is 0.177. The van der Waals surface area contributed by atoms with E-state index in [4.69, 9.17) is 25.8 Å². The predicted octanol–water partition coefficient (Wildman–Crippen LogP) is 2.73. The molecule has 0 saturated heterocycles. The molecule has 100 valence electrons. The van der Waals surface area contributed by atoms with Crippen molar-refractivity contribution in [2.45, 2.75) is 6.61 Å². The molecule has 2 rings (SSSR count). The summed E-state index contributed by atoms with van der Waals surface area (Å²) in [7, 11) is 3.03. The first-order valence-electron chi connectivity index (χ1n) is 5.56. The molecule has 0 saturated carbocycles. The Bertz CT molecular complexity index is 541. The number of rotatable bonds is 5. The molecule has 0 aliphatic carbocycles. The maximum atomic E-state index is 6.04. The zero-order chi connectivity index (χ0) is 13.7.